The fraction of sp³-hybridized carbons (Fsp3) is 0.516. The van der Waals surface area contributed by atoms with Crippen molar-refractivity contribution in [1.82, 2.24) is 4.90 Å². The van der Waals surface area contributed by atoms with Crippen molar-refractivity contribution in [2.45, 2.75) is 71.8 Å². The second-order valence-corrected chi connectivity index (χ2v) is 11.9. The predicted octanol–water partition coefficient (Wildman–Crippen LogP) is 7.86. The zero-order chi connectivity index (χ0) is 27.3. The van der Waals surface area contributed by atoms with Gasteiger partial charge >= 0.3 is 5.97 Å². The molecule has 0 aromatic heterocycles. The van der Waals surface area contributed by atoms with Crippen LogP contribution in [0.1, 0.15) is 76.0 Å². The van der Waals surface area contributed by atoms with Crippen LogP contribution in [-0.4, -0.2) is 43.3 Å². The highest BCUT2D eigenvalue weighted by Gasteiger charge is 2.30. The Bertz CT molecular complexity index is 1160. The third-order valence-electron chi connectivity index (χ3n) is 7.74. The van der Waals surface area contributed by atoms with E-state index in [0.717, 1.165) is 72.2 Å². The number of alkyl halides is 1. The third kappa shape index (κ3) is 6.66. The second kappa shape index (κ2) is 12.7. The number of benzene rings is 2. The lowest BCUT2D eigenvalue weighted by molar-refractivity contribution is -0.144. The predicted molar refractivity (Wildman–Crippen MR) is 151 cm³/mol. The van der Waals surface area contributed by atoms with Gasteiger partial charge in [0.25, 0.3) is 0 Å². The maximum atomic E-state index is 15.7. The standard InChI is InChI=1S/C31H38BrF2NO3/c1-4-31(2,3)30(36)38-27-15-14-24-25(29(27)34)8-7-9-26(32)28(24)21-10-12-22(13-11-21)37-23-16-19-35(20-23)18-6-5-17-33/h10-15,23H,4-9,16-20H2,1-3H3/t23-/m0/s1. The molecule has 1 heterocycles. The Labute approximate surface area is 233 Å². The normalized spacial score (nSPS) is 18.3. The van der Waals surface area contributed by atoms with Crippen molar-refractivity contribution >= 4 is 27.5 Å². The number of rotatable bonds is 10. The van der Waals surface area contributed by atoms with Crippen molar-refractivity contribution in [3.63, 3.8) is 0 Å². The van der Waals surface area contributed by atoms with Gasteiger partial charge in [0.2, 0.25) is 0 Å². The number of carbonyl (C=O) groups excluding carboxylic acids is 1. The molecule has 1 saturated heterocycles. The molecule has 2 aliphatic rings. The highest BCUT2D eigenvalue weighted by atomic mass is 79.9. The minimum Gasteiger partial charge on any atom is -0.489 e. The lowest BCUT2D eigenvalue weighted by Crippen LogP contribution is -2.28. The summed E-state index contributed by atoms with van der Waals surface area (Å²) in [6.07, 6.45) is 5.34. The van der Waals surface area contributed by atoms with Crippen LogP contribution in [0.3, 0.4) is 0 Å². The number of hydrogen-bond acceptors (Lipinski definition) is 4. The van der Waals surface area contributed by atoms with E-state index in [1.165, 1.54) is 0 Å². The number of allylic oxidation sites excluding steroid dienone is 1. The summed E-state index contributed by atoms with van der Waals surface area (Å²) >= 11 is 3.76. The number of fused-ring (bicyclic) bond motifs is 1. The van der Waals surface area contributed by atoms with Crippen molar-refractivity contribution in [2.75, 3.05) is 26.3 Å². The maximum absolute atomic E-state index is 15.7. The molecule has 1 aliphatic carbocycles. The maximum Gasteiger partial charge on any atom is 0.316 e. The zero-order valence-corrected chi connectivity index (χ0v) is 24.2. The molecule has 1 atom stereocenters. The number of ether oxygens (including phenoxy) is 2. The molecule has 0 unspecified atom stereocenters. The molecule has 1 fully saturated rings. The van der Waals surface area contributed by atoms with Gasteiger partial charge in [-0.2, -0.15) is 0 Å². The molecule has 0 N–H and O–H groups in total. The summed E-state index contributed by atoms with van der Waals surface area (Å²) in [5.74, 6) is -0.0848. The molecule has 0 saturated carbocycles. The van der Waals surface area contributed by atoms with Crippen molar-refractivity contribution in [3.05, 3.63) is 63.4 Å². The smallest absolute Gasteiger partial charge is 0.316 e. The Balaban J connectivity index is 1.51. The van der Waals surface area contributed by atoms with E-state index in [-0.39, 0.29) is 18.5 Å². The fourth-order valence-corrected chi connectivity index (χ4v) is 5.68. The first kappa shape index (κ1) is 28.8. The summed E-state index contributed by atoms with van der Waals surface area (Å²) in [5.41, 5.74) is 2.64. The van der Waals surface area contributed by atoms with Gasteiger partial charge < -0.3 is 9.47 Å². The first-order valence-electron chi connectivity index (χ1n) is 13.7. The minimum absolute atomic E-state index is 0.00769. The average Bonchev–Trinajstić information content (AvgIpc) is 3.27. The molecule has 2 aromatic rings. The van der Waals surface area contributed by atoms with E-state index in [4.69, 9.17) is 9.47 Å². The Kier molecular flexibility index (Phi) is 9.64. The third-order valence-corrected chi connectivity index (χ3v) is 8.54. The van der Waals surface area contributed by atoms with E-state index in [1.807, 2.05) is 37.3 Å². The Morgan fingerprint density at radius 2 is 1.89 bits per heavy atom. The number of unbranched alkanes of at least 4 members (excludes halogenated alkanes) is 1. The van der Waals surface area contributed by atoms with Gasteiger partial charge in [0.15, 0.2) is 11.6 Å². The van der Waals surface area contributed by atoms with Crippen LogP contribution in [0.25, 0.3) is 5.57 Å². The Hall–Kier alpha value is -2.25. The van der Waals surface area contributed by atoms with E-state index in [1.54, 1.807) is 19.9 Å². The average molecular weight is 591 g/mol. The monoisotopic (exact) mass is 589 g/mol. The summed E-state index contributed by atoms with van der Waals surface area (Å²) in [4.78, 5) is 14.9. The van der Waals surface area contributed by atoms with Gasteiger partial charge in [-0.25, -0.2) is 4.39 Å². The molecule has 38 heavy (non-hydrogen) atoms. The van der Waals surface area contributed by atoms with Gasteiger partial charge in [-0.05, 0) is 106 Å². The second-order valence-electron chi connectivity index (χ2n) is 10.9. The molecule has 0 amide bonds. The Morgan fingerprint density at radius 3 is 2.61 bits per heavy atom. The van der Waals surface area contributed by atoms with Crippen LogP contribution in [0.2, 0.25) is 0 Å². The summed E-state index contributed by atoms with van der Waals surface area (Å²) < 4.78 is 40.8. The largest absolute Gasteiger partial charge is 0.489 e. The number of halogens is 3. The summed E-state index contributed by atoms with van der Waals surface area (Å²) in [5, 5.41) is 0. The van der Waals surface area contributed by atoms with Gasteiger partial charge in [0.05, 0.1) is 12.1 Å². The highest BCUT2D eigenvalue weighted by molar-refractivity contribution is 9.11. The number of esters is 1. The lowest BCUT2D eigenvalue weighted by atomic mass is 9.90. The van der Waals surface area contributed by atoms with Crippen molar-refractivity contribution in [3.8, 4) is 11.5 Å². The quantitative estimate of drug-likeness (QED) is 0.161. The number of likely N-dealkylation sites (tertiary alicyclic amines) is 1. The first-order chi connectivity index (χ1) is 18.2. The molecule has 1 aliphatic heterocycles. The summed E-state index contributed by atoms with van der Waals surface area (Å²) in [6, 6.07) is 11.4. The van der Waals surface area contributed by atoms with Crippen LogP contribution in [-0.2, 0) is 11.2 Å². The SMILES string of the molecule is CCC(C)(C)C(=O)Oc1ccc2c(c1F)CCCC(Br)=C2c1ccc(O[C@H]2CCN(CCCCF)C2)cc1. The molecule has 206 valence electrons. The molecule has 4 nitrogen and oxygen atoms in total. The van der Waals surface area contributed by atoms with Gasteiger partial charge in [-0.15, -0.1) is 0 Å². The van der Waals surface area contributed by atoms with Crippen LogP contribution >= 0.6 is 15.9 Å². The van der Waals surface area contributed by atoms with Gasteiger partial charge in [0.1, 0.15) is 11.9 Å². The van der Waals surface area contributed by atoms with Crippen molar-refractivity contribution < 1.29 is 23.0 Å². The highest BCUT2D eigenvalue weighted by Crippen LogP contribution is 2.41. The number of hydrogen-bond donors (Lipinski definition) is 0. The van der Waals surface area contributed by atoms with Crippen LogP contribution in [0.5, 0.6) is 11.5 Å². The van der Waals surface area contributed by atoms with E-state index in [2.05, 4.69) is 20.8 Å². The van der Waals surface area contributed by atoms with Gasteiger partial charge in [0, 0.05) is 17.6 Å². The van der Waals surface area contributed by atoms with Gasteiger partial charge in [-0.1, -0.05) is 41.1 Å². The number of nitrogens with zero attached hydrogens (tertiary/aromatic N) is 1. The summed E-state index contributed by atoms with van der Waals surface area (Å²) in [6.45, 7) is 8.02. The number of carbonyl (C=O) groups is 1. The topological polar surface area (TPSA) is 38.8 Å². The van der Waals surface area contributed by atoms with E-state index in [0.29, 0.717) is 24.8 Å². The zero-order valence-electron chi connectivity index (χ0n) is 22.6. The first-order valence-corrected chi connectivity index (χ1v) is 14.5. The molecular weight excluding hydrogens is 552 g/mol. The summed E-state index contributed by atoms with van der Waals surface area (Å²) in [7, 11) is 0. The van der Waals surface area contributed by atoms with E-state index in [9.17, 15) is 9.18 Å². The molecule has 0 bridgehead atoms. The van der Waals surface area contributed by atoms with Crippen LogP contribution in [0, 0.1) is 11.2 Å². The van der Waals surface area contributed by atoms with Crippen LogP contribution in [0.4, 0.5) is 8.78 Å². The Morgan fingerprint density at radius 1 is 1.13 bits per heavy atom. The van der Waals surface area contributed by atoms with Crippen LogP contribution < -0.4 is 9.47 Å². The molecule has 0 radical (unpaired) electrons. The van der Waals surface area contributed by atoms with Crippen LogP contribution in [0.15, 0.2) is 40.9 Å². The molecule has 0 spiro atoms. The molecule has 4 rings (SSSR count). The molecule has 7 heteroatoms. The lowest BCUT2D eigenvalue weighted by Gasteiger charge is -2.21. The van der Waals surface area contributed by atoms with Crippen molar-refractivity contribution in [2.24, 2.45) is 5.41 Å². The fourth-order valence-electron chi connectivity index (χ4n) is 4.96. The minimum atomic E-state index is -0.677. The molecule has 2 aromatic carbocycles. The van der Waals surface area contributed by atoms with E-state index < -0.39 is 17.2 Å². The van der Waals surface area contributed by atoms with Crippen molar-refractivity contribution in [1.29, 1.82) is 0 Å². The van der Waals surface area contributed by atoms with Gasteiger partial charge in [-0.3, -0.25) is 14.1 Å². The van der Waals surface area contributed by atoms with E-state index >= 15 is 4.39 Å². The molecular formula is C31H38BrF2NO3.